The zero-order chi connectivity index (χ0) is 14.9. The smallest absolute Gasteiger partial charge is 0.260 e. The van der Waals surface area contributed by atoms with Crippen LogP contribution in [0.2, 0.25) is 5.02 Å². The van der Waals surface area contributed by atoms with E-state index in [1.165, 1.54) is 18.7 Å². The molecule has 1 amide bonds. The van der Waals surface area contributed by atoms with Crippen molar-refractivity contribution in [3.8, 4) is 0 Å². The van der Waals surface area contributed by atoms with Crippen LogP contribution in [0.15, 0.2) is 24.3 Å². The van der Waals surface area contributed by atoms with Gasteiger partial charge in [0.2, 0.25) is 0 Å². The maximum Gasteiger partial charge on any atom is 0.260 e. The zero-order valence-electron chi connectivity index (χ0n) is 11.9. The number of halogens is 2. The Bertz CT molecular complexity index is 501. The number of hydrogen-bond acceptors (Lipinski definition) is 2. The van der Waals surface area contributed by atoms with Crippen molar-refractivity contribution in [2.75, 3.05) is 13.2 Å². The third-order valence-corrected chi connectivity index (χ3v) is 3.80. The summed E-state index contributed by atoms with van der Waals surface area (Å²) in [4.78, 5) is 13.7. The lowest BCUT2D eigenvalue weighted by Crippen LogP contribution is -2.53. The lowest BCUT2D eigenvalue weighted by molar-refractivity contribution is -0.155. The topological polar surface area (TPSA) is 29.5 Å². The van der Waals surface area contributed by atoms with Gasteiger partial charge in [-0.3, -0.25) is 4.79 Å². The number of nitrogens with zero attached hydrogens (tertiary/aromatic N) is 1. The Morgan fingerprint density at radius 3 is 2.70 bits per heavy atom. The Balaban J connectivity index is 2.21. The van der Waals surface area contributed by atoms with Crippen molar-refractivity contribution in [2.45, 2.75) is 38.6 Å². The highest BCUT2D eigenvalue weighted by Gasteiger charge is 2.38. The summed E-state index contributed by atoms with van der Waals surface area (Å²) in [6.07, 6.45) is -0.314. The van der Waals surface area contributed by atoms with E-state index in [9.17, 15) is 9.18 Å². The molecule has 1 fully saturated rings. The van der Waals surface area contributed by atoms with Crippen LogP contribution < -0.4 is 0 Å². The number of benzene rings is 1. The second-order valence-corrected chi connectivity index (χ2v) is 6.03. The van der Waals surface area contributed by atoms with Gasteiger partial charge in [0.05, 0.1) is 19.2 Å². The highest BCUT2D eigenvalue weighted by atomic mass is 35.5. The molecule has 0 radical (unpaired) electrons. The lowest BCUT2D eigenvalue weighted by atomic mass is 10.0. The second-order valence-electron chi connectivity index (χ2n) is 5.62. The molecule has 0 saturated carbocycles. The van der Waals surface area contributed by atoms with E-state index in [2.05, 4.69) is 0 Å². The SMILES string of the molecule is C[C@@H]1CO[C@H](c2ccccc2Cl)CN1C(=O)C(C)(C)F. The van der Waals surface area contributed by atoms with Crippen molar-refractivity contribution in [3.05, 3.63) is 34.9 Å². The van der Waals surface area contributed by atoms with E-state index in [0.29, 0.717) is 18.2 Å². The first-order valence-electron chi connectivity index (χ1n) is 6.66. The summed E-state index contributed by atoms with van der Waals surface area (Å²) in [5, 5.41) is 0.596. The van der Waals surface area contributed by atoms with Crippen LogP contribution in [-0.4, -0.2) is 35.7 Å². The van der Waals surface area contributed by atoms with E-state index in [1.54, 1.807) is 6.07 Å². The molecular formula is C15H19ClFNO2. The molecule has 0 bridgehead atoms. The van der Waals surface area contributed by atoms with Crippen molar-refractivity contribution in [2.24, 2.45) is 0 Å². The first kappa shape index (κ1) is 15.3. The van der Waals surface area contributed by atoms with E-state index in [1.807, 2.05) is 25.1 Å². The van der Waals surface area contributed by atoms with E-state index in [0.717, 1.165) is 5.56 Å². The molecule has 5 heteroatoms. The van der Waals surface area contributed by atoms with Crippen LogP contribution in [0.1, 0.15) is 32.4 Å². The molecule has 1 saturated heterocycles. The van der Waals surface area contributed by atoms with Crippen LogP contribution in [0.4, 0.5) is 4.39 Å². The summed E-state index contributed by atoms with van der Waals surface area (Å²) < 4.78 is 19.6. The van der Waals surface area contributed by atoms with E-state index in [4.69, 9.17) is 16.3 Å². The molecule has 0 N–H and O–H groups in total. The summed E-state index contributed by atoms with van der Waals surface area (Å²) in [5.74, 6) is -0.509. The molecule has 2 atom stereocenters. The highest BCUT2D eigenvalue weighted by molar-refractivity contribution is 6.31. The van der Waals surface area contributed by atoms with Gasteiger partial charge in [0.15, 0.2) is 5.67 Å². The first-order chi connectivity index (χ1) is 9.30. The quantitative estimate of drug-likeness (QED) is 0.838. The van der Waals surface area contributed by atoms with Crippen LogP contribution in [-0.2, 0) is 9.53 Å². The third kappa shape index (κ3) is 3.13. The normalized spacial score (nSPS) is 23.8. The summed E-state index contributed by atoms with van der Waals surface area (Å²) in [6.45, 7) is 5.10. The van der Waals surface area contributed by atoms with Crippen LogP contribution in [0.5, 0.6) is 0 Å². The second kappa shape index (κ2) is 5.70. The zero-order valence-corrected chi connectivity index (χ0v) is 12.7. The number of alkyl halides is 1. The lowest BCUT2D eigenvalue weighted by Gasteiger charge is -2.40. The fourth-order valence-electron chi connectivity index (χ4n) is 2.31. The fraction of sp³-hybridized carbons (Fsp3) is 0.533. The largest absolute Gasteiger partial charge is 0.369 e. The fourth-order valence-corrected chi connectivity index (χ4v) is 2.56. The standard InChI is InChI=1S/C15H19ClFNO2/c1-10-9-20-13(11-6-4-5-7-12(11)16)8-18(10)14(19)15(2,3)17/h4-7,10,13H,8-9H2,1-3H3/t10-,13+/m1/s1. The van der Waals surface area contributed by atoms with Crippen molar-refractivity contribution in [3.63, 3.8) is 0 Å². The maximum atomic E-state index is 13.9. The van der Waals surface area contributed by atoms with E-state index < -0.39 is 11.6 Å². The van der Waals surface area contributed by atoms with E-state index >= 15 is 0 Å². The van der Waals surface area contributed by atoms with Crippen LogP contribution >= 0.6 is 11.6 Å². The third-order valence-electron chi connectivity index (χ3n) is 3.45. The summed E-state index contributed by atoms with van der Waals surface area (Å²) in [6, 6.07) is 7.21. The Morgan fingerprint density at radius 1 is 1.45 bits per heavy atom. The molecule has 1 aromatic carbocycles. The Morgan fingerprint density at radius 2 is 2.10 bits per heavy atom. The first-order valence-corrected chi connectivity index (χ1v) is 7.04. The monoisotopic (exact) mass is 299 g/mol. The number of carbonyl (C=O) groups is 1. The molecule has 2 rings (SSSR count). The van der Waals surface area contributed by atoms with Gasteiger partial charge in [0, 0.05) is 10.6 Å². The number of ether oxygens (including phenoxy) is 1. The molecule has 0 unspecified atom stereocenters. The van der Waals surface area contributed by atoms with Gasteiger partial charge < -0.3 is 9.64 Å². The highest BCUT2D eigenvalue weighted by Crippen LogP contribution is 2.31. The van der Waals surface area contributed by atoms with Crippen molar-refractivity contribution in [1.82, 2.24) is 4.90 Å². The number of hydrogen-bond donors (Lipinski definition) is 0. The van der Waals surface area contributed by atoms with Gasteiger partial charge in [-0.25, -0.2) is 4.39 Å². The molecule has 1 heterocycles. The van der Waals surface area contributed by atoms with Crippen molar-refractivity contribution < 1.29 is 13.9 Å². The van der Waals surface area contributed by atoms with Crippen LogP contribution in [0, 0.1) is 0 Å². The summed E-state index contributed by atoms with van der Waals surface area (Å²) >= 11 is 6.15. The Hall–Kier alpha value is -1.13. The van der Waals surface area contributed by atoms with Gasteiger partial charge in [-0.1, -0.05) is 29.8 Å². The van der Waals surface area contributed by atoms with Gasteiger partial charge in [-0.15, -0.1) is 0 Å². The molecule has 110 valence electrons. The number of amides is 1. The molecule has 1 aliphatic rings. The Labute approximate surface area is 123 Å². The maximum absolute atomic E-state index is 13.9. The molecule has 0 aromatic heterocycles. The summed E-state index contributed by atoms with van der Waals surface area (Å²) in [7, 11) is 0. The summed E-state index contributed by atoms with van der Waals surface area (Å²) in [5.41, 5.74) is -1.05. The van der Waals surface area contributed by atoms with E-state index in [-0.39, 0.29) is 12.1 Å². The van der Waals surface area contributed by atoms with Crippen LogP contribution in [0.25, 0.3) is 0 Å². The van der Waals surface area contributed by atoms with Gasteiger partial charge >= 0.3 is 0 Å². The van der Waals surface area contributed by atoms with Gasteiger partial charge in [-0.05, 0) is 26.8 Å². The molecule has 0 spiro atoms. The molecule has 1 aromatic rings. The molecule has 20 heavy (non-hydrogen) atoms. The molecular weight excluding hydrogens is 281 g/mol. The molecule has 1 aliphatic heterocycles. The molecule has 3 nitrogen and oxygen atoms in total. The average Bonchev–Trinajstić information content (AvgIpc) is 2.38. The average molecular weight is 300 g/mol. The van der Waals surface area contributed by atoms with Gasteiger partial charge in [0.1, 0.15) is 6.10 Å². The molecule has 0 aliphatic carbocycles. The Kier molecular flexibility index (Phi) is 4.35. The van der Waals surface area contributed by atoms with Crippen molar-refractivity contribution >= 4 is 17.5 Å². The number of morpholine rings is 1. The predicted molar refractivity (Wildman–Crippen MR) is 76.5 cm³/mol. The van der Waals surface area contributed by atoms with Gasteiger partial charge in [-0.2, -0.15) is 0 Å². The minimum absolute atomic E-state index is 0.142. The number of rotatable bonds is 2. The predicted octanol–water partition coefficient (Wildman–Crippen LogP) is 3.38. The minimum atomic E-state index is -1.88. The van der Waals surface area contributed by atoms with Crippen molar-refractivity contribution in [1.29, 1.82) is 0 Å². The minimum Gasteiger partial charge on any atom is -0.369 e. The van der Waals surface area contributed by atoms with Gasteiger partial charge in [0.25, 0.3) is 5.91 Å². The van der Waals surface area contributed by atoms with Crippen LogP contribution in [0.3, 0.4) is 0 Å². The number of carbonyl (C=O) groups excluding carboxylic acids is 1.